The van der Waals surface area contributed by atoms with Gasteiger partial charge in [-0.2, -0.15) is 5.26 Å². The average molecular weight is 356 g/mol. The Morgan fingerprint density at radius 3 is 2.84 bits per heavy atom. The van der Waals surface area contributed by atoms with E-state index >= 15 is 0 Å². The number of benzene rings is 1. The predicted octanol–water partition coefficient (Wildman–Crippen LogP) is 2.32. The van der Waals surface area contributed by atoms with E-state index in [-0.39, 0.29) is 23.1 Å². The first kappa shape index (κ1) is 17.5. The summed E-state index contributed by atoms with van der Waals surface area (Å²) in [6.45, 7) is 4.13. The van der Waals surface area contributed by atoms with Crippen LogP contribution in [0.25, 0.3) is 10.9 Å². The Morgan fingerprint density at radius 1 is 1.48 bits per heavy atom. The van der Waals surface area contributed by atoms with Gasteiger partial charge in [-0.1, -0.05) is 23.9 Å². The Kier molecular flexibility index (Phi) is 4.82. The minimum atomic E-state index is -0.807. The molecule has 1 fully saturated rings. The molecule has 0 aliphatic heterocycles. The molecule has 25 heavy (non-hydrogen) atoms. The van der Waals surface area contributed by atoms with Crippen molar-refractivity contribution in [1.29, 1.82) is 5.26 Å². The smallest absolute Gasteiger partial charge is 0.262 e. The highest BCUT2D eigenvalue weighted by Crippen LogP contribution is 2.39. The van der Waals surface area contributed by atoms with Gasteiger partial charge in [0.25, 0.3) is 5.56 Å². The molecule has 0 spiro atoms. The predicted molar refractivity (Wildman–Crippen MR) is 97.3 cm³/mol. The van der Waals surface area contributed by atoms with Crippen LogP contribution >= 0.6 is 11.8 Å². The van der Waals surface area contributed by atoms with Gasteiger partial charge in [-0.25, -0.2) is 4.98 Å². The highest BCUT2D eigenvalue weighted by atomic mass is 32.2. The molecule has 1 N–H and O–H groups in total. The summed E-state index contributed by atoms with van der Waals surface area (Å²) in [7, 11) is 0. The normalized spacial score (nSPS) is 16.2. The Morgan fingerprint density at radius 2 is 2.20 bits per heavy atom. The van der Waals surface area contributed by atoms with E-state index in [9.17, 15) is 14.9 Å². The van der Waals surface area contributed by atoms with Crippen LogP contribution in [0.15, 0.2) is 34.2 Å². The number of nitriles is 1. The molecule has 1 atom stereocenters. The quantitative estimate of drug-likeness (QED) is 0.634. The van der Waals surface area contributed by atoms with Crippen molar-refractivity contribution in [3.05, 3.63) is 34.6 Å². The van der Waals surface area contributed by atoms with Crippen molar-refractivity contribution in [2.45, 2.75) is 43.9 Å². The molecule has 1 amide bonds. The summed E-state index contributed by atoms with van der Waals surface area (Å²) in [5.41, 5.74) is -0.283. The Balaban J connectivity index is 1.78. The molecule has 1 aliphatic rings. The summed E-state index contributed by atoms with van der Waals surface area (Å²) < 4.78 is 1.57. The van der Waals surface area contributed by atoms with E-state index in [4.69, 9.17) is 0 Å². The Bertz CT molecular complexity index is 913. The fourth-order valence-electron chi connectivity index (χ4n) is 2.87. The fourth-order valence-corrected chi connectivity index (χ4v) is 3.74. The number of thioether (sulfide) groups is 1. The summed E-state index contributed by atoms with van der Waals surface area (Å²) in [4.78, 5) is 29.4. The van der Waals surface area contributed by atoms with Crippen LogP contribution in [0.4, 0.5) is 0 Å². The van der Waals surface area contributed by atoms with Crippen LogP contribution in [0.2, 0.25) is 0 Å². The maximum Gasteiger partial charge on any atom is 0.262 e. The van der Waals surface area contributed by atoms with Crippen LogP contribution in [0, 0.1) is 17.2 Å². The van der Waals surface area contributed by atoms with Gasteiger partial charge in [-0.05, 0) is 44.7 Å². The van der Waals surface area contributed by atoms with Crippen LogP contribution in [0.5, 0.6) is 0 Å². The lowest BCUT2D eigenvalue weighted by Gasteiger charge is -2.22. The lowest BCUT2D eigenvalue weighted by atomic mass is 9.98. The molecule has 0 radical (unpaired) electrons. The lowest BCUT2D eigenvalue weighted by Crippen LogP contribution is -2.47. The summed E-state index contributed by atoms with van der Waals surface area (Å²) in [6.07, 6.45) is 1.94. The van der Waals surface area contributed by atoms with Crippen molar-refractivity contribution in [1.82, 2.24) is 14.9 Å². The topological polar surface area (TPSA) is 87.8 Å². The number of hydrogen-bond donors (Lipinski definition) is 1. The molecule has 130 valence electrons. The standard InChI is InChI=1S/C18H20N4O2S/c1-3-22-16(24)13-6-4-5-7-14(13)20-17(22)25-10-15(23)21-18(2,11-19)12-8-9-12/h4-7,12H,3,8-10H2,1-2H3,(H,21,23)/t18-/m1/s1. The second-order valence-electron chi connectivity index (χ2n) is 6.39. The first-order valence-electron chi connectivity index (χ1n) is 8.33. The summed E-state index contributed by atoms with van der Waals surface area (Å²) in [6, 6.07) is 9.41. The van der Waals surface area contributed by atoms with Crippen LogP contribution in [0.1, 0.15) is 26.7 Å². The first-order valence-corrected chi connectivity index (χ1v) is 9.31. The molecule has 1 heterocycles. The summed E-state index contributed by atoms with van der Waals surface area (Å²) in [5, 5.41) is 13.3. The molecule has 6 nitrogen and oxygen atoms in total. The molecular formula is C18H20N4O2S. The largest absolute Gasteiger partial charge is 0.337 e. The van der Waals surface area contributed by atoms with E-state index in [1.54, 1.807) is 23.6 Å². The van der Waals surface area contributed by atoms with Crippen LogP contribution in [0.3, 0.4) is 0 Å². The van der Waals surface area contributed by atoms with Gasteiger partial charge in [-0.15, -0.1) is 0 Å². The van der Waals surface area contributed by atoms with E-state index in [1.165, 1.54) is 11.8 Å². The second kappa shape index (κ2) is 6.89. The molecule has 0 unspecified atom stereocenters. The van der Waals surface area contributed by atoms with E-state index < -0.39 is 5.54 Å². The molecule has 3 rings (SSSR count). The molecule has 1 saturated carbocycles. The molecule has 2 aromatic rings. The van der Waals surface area contributed by atoms with Gasteiger partial charge in [-0.3, -0.25) is 14.2 Å². The van der Waals surface area contributed by atoms with Crippen molar-refractivity contribution in [2.24, 2.45) is 5.92 Å². The van der Waals surface area contributed by atoms with Crippen molar-refractivity contribution in [3.8, 4) is 6.07 Å². The summed E-state index contributed by atoms with van der Waals surface area (Å²) >= 11 is 1.22. The molecule has 0 bridgehead atoms. The van der Waals surface area contributed by atoms with Gasteiger partial charge < -0.3 is 5.32 Å². The lowest BCUT2D eigenvalue weighted by molar-refractivity contribution is -0.119. The zero-order chi connectivity index (χ0) is 18.0. The number of para-hydroxylation sites is 1. The van der Waals surface area contributed by atoms with Crippen LogP contribution in [-0.2, 0) is 11.3 Å². The van der Waals surface area contributed by atoms with Crippen molar-refractivity contribution >= 4 is 28.6 Å². The van der Waals surface area contributed by atoms with Crippen LogP contribution in [-0.4, -0.2) is 26.8 Å². The van der Waals surface area contributed by atoms with E-state index in [1.807, 2.05) is 19.1 Å². The summed E-state index contributed by atoms with van der Waals surface area (Å²) in [5.74, 6) is 0.138. The molecule has 7 heteroatoms. The number of amides is 1. The number of fused-ring (bicyclic) bond motifs is 1. The number of rotatable bonds is 6. The molecule has 0 saturated heterocycles. The Labute approximate surface area is 150 Å². The molecule has 1 aliphatic carbocycles. The van der Waals surface area contributed by atoms with E-state index in [0.29, 0.717) is 22.6 Å². The SMILES string of the molecule is CCn1c(SCC(=O)N[C@](C)(C#N)C2CC2)nc2ccccc2c1=O. The fraction of sp³-hybridized carbons (Fsp3) is 0.444. The van der Waals surface area contributed by atoms with Gasteiger partial charge >= 0.3 is 0 Å². The number of carbonyl (C=O) groups excluding carboxylic acids is 1. The van der Waals surface area contributed by atoms with Crippen molar-refractivity contribution in [2.75, 3.05) is 5.75 Å². The highest BCUT2D eigenvalue weighted by molar-refractivity contribution is 7.99. The van der Waals surface area contributed by atoms with Crippen molar-refractivity contribution in [3.63, 3.8) is 0 Å². The zero-order valence-electron chi connectivity index (χ0n) is 14.3. The number of aromatic nitrogens is 2. The maximum atomic E-state index is 12.6. The second-order valence-corrected chi connectivity index (χ2v) is 7.33. The van der Waals surface area contributed by atoms with E-state index in [2.05, 4.69) is 16.4 Å². The third-order valence-corrected chi connectivity index (χ3v) is 5.48. The number of hydrogen-bond acceptors (Lipinski definition) is 5. The van der Waals surface area contributed by atoms with Crippen LogP contribution < -0.4 is 10.9 Å². The van der Waals surface area contributed by atoms with Gasteiger partial charge in [0.05, 0.1) is 22.7 Å². The third kappa shape index (κ3) is 3.54. The monoisotopic (exact) mass is 356 g/mol. The molecule has 1 aromatic heterocycles. The van der Waals surface area contributed by atoms with Gasteiger partial charge in [0.1, 0.15) is 5.54 Å². The molecule has 1 aromatic carbocycles. The minimum absolute atomic E-state index is 0.101. The number of carbonyl (C=O) groups is 1. The Hall–Kier alpha value is -2.33. The number of nitrogens with one attached hydrogen (secondary N) is 1. The average Bonchev–Trinajstić information content (AvgIpc) is 3.45. The van der Waals surface area contributed by atoms with Crippen molar-refractivity contribution < 1.29 is 4.79 Å². The zero-order valence-corrected chi connectivity index (χ0v) is 15.1. The van der Waals surface area contributed by atoms with Gasteiger partial charge in [0.15, 0.2) is 5.16 Å². The van der Waals surface area contributed by atoms with Gasteiger partial charge in [0.2, 0.25) is 5.91 Å². The minimum Gasteiger partial charge on any atom is -0.337 e. The molecular weight excluding hydrogens is 336 g/mol. The highest BCUT2D eigenvalue weighted by Gasteiger charge is 2.42. The van der Waals surface area contributed by atoms with Gasteiger partial charge in [0, 0.05) is 6.54 Å². The first-order chi connectivity index (χ1) is 12.0. The third-order valence-electron chi connectivity index (χ3n) is 4.50. The maximum absolute atomic E-state index is 12.6. The number of nitrogens with zero attached hydrogens (tertiary/aromatic N) is 3. The van der Waals surface area contributed by atoms with E-state index in [0.717, 1.165) is 12.8 Å².